The summed E-state index contributed by atoms with van der Waals surface area (Å²) in [5.41, 5.74) is 2.89. The quantitative estimate of drug-likeness (QED) is 0.850. The number of hydrogen-bond acceptors (Lipinski definition) is 3. The van der Waals surface area contributed by atoms with E-state index in [1.54, 1.807) is 6.20 Å². The molecular weight excluding hydrogens is 286 g/mol. The molecule has 1 N–H and O–H groups in total. The van der Waals surface area contributed by atoms with Crippen molar-refractivity contribution in [1.82, 2.24) is 10.3 Å². The van der Waals surface area contributed by atoms with Gasteiger partial charge in [0.25, 0.3) is 5.91 Å². The van der Waals surface area contributed by atoms with E-state index in [-0.39, 0.29) is 5.91 Å². The van der Waals surface area contributed by atoms with Crippen LogP contribution in [-0.2, 0) is 6.54 Å². The van der Waals surface area contributed by atoms with Crippen molar-refractivity contribution in [1.29, 1.82) is 0 Å². The number of aryl methyl sites for hydroxylation is 1. The van der Waals surface area contributed by atoms with Crippen molar-refractivity contribution in [3.8, 4) is 0 Å². The highest BCUT2D eigenvalue weighted by Crippen LogP contribution is 2.11. The Kier molecular flexibility index (Phi) is 6.15. The maximum atomic E-state index is 12.2. The Balaban J connectivity index is 1.90. The van der Waals surface area contributed by atoms with Gasteiger partial charge in [-0.2, -0.15) is 0 Å². The Morgan fingerprint density at radius 3 is 2.52 bits per heavy atom. The van der Waals surface area contributed by atoms with Crippen LogP contribution in [0.2, 0.25) is 0 Å². The Morgan fingerprint density at radius 1 is 1.17 bits per heavy atom. The van der Waals surface area contributed by atoms with Gasteiger partial charge >= 0.3 is 0 Å². The van der Waals surface area contributed by atoms with E-state index in [2.05, 4.69) is 22.1 Å². The van der Waals surface area contributed by atoms with Gasteiger partial charge < -0.3 is 10.2 Å². The van der Waals surface area contributed by atoms with Crippen LogP contribution in [0.5, 0.6) is 0 Å². The van der Waals surface area contributed by atoms with E-state index in [1.165, 1.54) is 5.56 Å². The molecule has 2 rings (SSSR count). The van der Waals surface area contributed by atoms with Crippen molar-refractivity contribution in [2.24, 2.45) is 0 Å². The lowest BCUT2D eigenvalue weighted by atomic mass is 10.1. The van der Waals surface area contributed by atoms with Crippen molar-refractivity contribution < 1.29 is 4.79 Å². The van der Waals surface area contributed by atoms with Crippen LogP contribution < -0.4 is 10.2 Å². The molecule has 0 aliphatic rings. The van der Waals surface area contributed by atoms with Crippen LogP contribution in [0.4, 0.5) is 5.82 Å². The molecule has 0 aliphatic heterocycles. The number of rotatable bonds is 7. The summed E-state index contributed by atoms with van der Waals surface area (Å²) in [6.45, 7) is 5.72. The predicted molar refractivity (Wildman–Crippen MR) is 94.8 cm³/mol. The van der Waals surface area contributed by atoms with Gasteiger partial charge in [-0.3, -0.25) is 4.79 Å². The van der Waals surface area contributed by atoms with E-state index >= 15 is 0 Å². The van der Waals surface area contributed by atoms with Crippen molar-refractivity contribution in [3.63, 3.8) is 0 Å². The van der Waals surface area contributed by atoms with Crippen LogP contribution in [0.15, 0.2) is 42.6 Å². The van der Waals surface area contributed by atoms with Crippen LogP contribution in [-0.4, -0.2) is 24.5 Å². The third kappa shape index (κ3) is 5.09. The summed E-state index contributed by atoms with van der Waals surface area (Å²) in [7, 11) is 2.02. The monoisotopic (exact) mass is 311 g/mol. The number of amides is 1. The molecule has 0 spiro atoms. The van der Waals surface area contributed by atoms with Crippen LogP contribution in [0.3, 0.4) is 0 Å². The Labute approximate surface area is 138 Å². The topological polar surface area (TPSA) is 45.2 Å². The van der Waals surface area contributed by atoms with Gasteiger partial charge in [0.05, 0.1) is 5.56 Å². The third-order valence-electron chi connectivity index (χ3n) is 3.82. The molecule has 1 aromatic carbocycles. The minimum Gasteiger partial charge on any atom is -0.360 e. The van der Waals surface area contributed by atoms with E-state index in [9.17, 15) is 4.79 Å². The largest absolute Gasteiger partial charge is 0.360 e. The number of unbranched alkanes of at least 4 members (excludes halogenated alkanes) is 1. The van der Waals surface area contributed by atoms with Crippen molar-refractivity contribution in [3.05, 3.63) is 59.3 Å². The van der Waals surface area contributed by atoms with E-state index in [0.29, 0.717) is 12.1 Å². The van der Waals surface area contributed by atoms with E-state index in [1.807, 2.05) is 50.4 Å². The normalized spacial score (nSPS) is 10.4. The van der Waals surface area contributed by atoms with Gasteiger partial charge in [-0.15, -0.1) is 0 Å². The molecule has 0 saturated heterocycles. The van der Waals surface area contributed by atoms with E-state index < -0.39 is 0 Å². The van der Waals surface area contributed by atoms with Gasteiger partial charge in [-0.1, -0.05) is 43.2 Å². The van der Waals surface area contributed by atoms with E-state index in [4.69, 9.17) is 0 Å². The second-order valence-corrected chi connectivity index (χ2v) is 5.85. The molecule has 1 heterocycles. The number of benzene rings is 1. The van der Waals surface area contributed by atoms with Crippen molar-refractivity contribution in [2.45, 2.75) is 33.2 Å². The lowest BCUT2D eigenvalue weighted by Gasteiger charge is -2.17. The van der Waals surface area contributed by atoms with Gasteiger partial charge in [0.2, 0.25) is 0 Å². The zero-order valence-electron chi connectivity index (χ0n) is 14.2. The molecule has 1 aromatic heterocycles. The number of carbonyl (C=O) groups excluding carboxylic acids is 1. The zero-order chi connectivity index (χ0) is 16.7. The number of pyridine rings is 1. The van der Waals surface area contributed by atoms with Gasteiger partial charge in [0.15, 0.2) is 0 Å². The second kappa shape index (κ2) is 8.32. The predicted octanol–water partition coefficient (Wildman–Crippen LogP) is 3.56. The highest BCUT2D eigenvalue weighted by Gasteiger charge is 2.07. The number of anilines is 1. The van der Waals surface area contributed by atoms with Gasteiger partial charge in [-0.25, -0.2) is 4.98 Å². The lowest BCUT2D eigenvalue weighted by Crippen LogP contribution is -2.24. The zero-order valence-corrected chi connectivity index (χ0v) is 14.2. The first-order chi connectivity index (χ1) is 11.1. The average molecular weight is 311 g/mol. The number of nitrogens with one attached hydrogen (secondary N) is 1. The minimum atomic E-state index is -0.0964. The summed E-state index contributed by atoms with van der Waals surface area (Å²) in [6.07, 6.45) is 3.93. The molecule has 1 amide bonds. The second-order valence-electron chi connectivity index (χ2n) is 5.85. The van der Waals surface area contributed by atoms with Gasteiger partial charge in [0, 0.05) is 26.3 Å². The molecule has 0 fully saturated rings. The van der Waals surface area contributed by atoms with Gasteiger partial charge in [0.1, 0.15) is 5.82 Å². The standard InChI is InChI=1S/C19H25N3O/c1-4-5-12-22(3)18-11-10-17(14-20-18)19(23)21-13-16-8-6-15(2)7-9-16/h6-11,14H,4-5,12-13H2,1-3H3,(H,21,23). The SMILES string of the molecule is CCCCN(C)c1ccc(C(=O)NCc2ccc(C)cc2)cn1. The van der Waals surface area contributed by atoms with Crippen LogP contribution >= 0.6 is 0 Å². The van der Waals surface area contributed by atoms with Gasteiger partial charge in [-0.05, 0) is 31.0 Å². The summed E-state index contributed by atoms with van der Waals surface area (Å²) in [5.74, 6) is 0.800. The molecular formula is C19H25N3O. The van der Waals surface area contributed by atoms with Crippen LogP contribution in [0.1, 0.15) is 41.3 Å². The number of carbonyl (C=O) groups is 1. The molecule has 0 radical (unpaired) electrons. The molecule has 2 aromatic rings. The first-order valence-corrected chi connectivity index (χ1v) is 8.11. The molecule has 4 heteroatoms. The third-order valence-corrected chi connectivity index (χ3v) is 3.82. The van der Waals surface area contributed by atoms with Crippen LogP contribution in [0, 0.1) is 6.92 Å². The first-order valence-electron chi connectivity index (χ1n) is 8.11. The molecule has 122 valence electrons. The molecule has 0 bridgehead atoms. The average Bonchev–Trinajstić information content (AvgIpc) is 2.59. The van der Waals surface area contributed by atoms with Crippen LogP contribution in [0.25, 0.3) is 0 Å². The summed E-state index contributed by atoms with van der Waals surface area (Å²) in [6, 6.07) is 11.9. The summed E-state index contributed by atoms with van der Waals surface area (Å²) < 4.78 is 0. The maximum absolute atomic E-state index is 12.2. The number of hydrogen-bond donors (Lipinski definition) is 1. The fraction of sp³-hybridized carbons (Fsp3) is 0.368. The van der Waals surface area contributed by atoms with Crippen molar-refractivity contribution >= 4 is 11.7 Å². The Morgan fingerprint density at radius 2 is 1.91 bits per heavy atom. The number of nitrogens with zero attached hydrogens (tertiary/aromatic N) is 2. The highest BCUT2D eigenvalue weighted by atomic mass is 16.1. The highest BCUT2D eigenvalue weighted by molar-refractivity contribution is 5.94. The smallest absolute Gasteiger partial charge is 0.253 e. The molecule has 0 aliphatic carbocycles. The maximum Gasteiger partial charge on any atom is 0.253 e. The lowest BCUT2D eigenvalue weighted by molar-refractivity contribution is 0.0950. The molecule has 23 heavy (non-hydrogen) atoms. The fourth-order valence-electron chi connectivity index (χ4n) is 2.25. The van der Waals surface area contributed by atoms with Crippen molar-refractivity contribution in [2.75, 3.05) is 18.5 Å². The molecule has 0 saturated carbocycles. The number of aromatic nitrogens is 1. The molecule has 0 unspecified atom stereocenters. The van der Waals surface area contributed by atoms with E-state index in [0.717, 1.165) is 30.8 Å². The fourth-order valence-corrected chi connectivity index (χ4v) is 2.25. The summed E-state index contributed by atoms with van der Waals surface area (Å²) in [4.78, 5) is 18.7. The summed E-state index contributed by atoms with van der Waals surface area (Å²) in [5, 5.41) is 2.93. The first kappa shape index (κ1) is 17.0. The molecule has 4 nitrogen and oxygen atoms in total. The molecule has 0 atom stereocenters. The Bertz CT molecular complexity index is 620. The minimum absolute atomic E-state index is 0.0964. The Hall–Kier alpha value is -2.36. The summed E-state index contributed by atoms with van der Waals surface area (Å²) >= 11 is 0.